The number of carbonyl (C=O) groups is 1. The molecule has 2 amide bonds. The molecule has 1 fully saturated rings. The van der Waals surface area contributed by atoms with Crippen LogP contribution in [0.4, 0.5) is 4.79 Å². The van der Waals surface area contributed by atoms with E-state index in [1.54, 1.807) is 7.11 Å². The zero-order valence-electron chi connectivity index (χ0n) is 12.0. The average Bonchev–Trinajstić information content (AvgIpc) is 3.22. The highest BCUT2D eigenvalue weighted by molar-refractivity contribution is 5.75. The number of nitrogens with one attached hydrogen (secondary N) is 2. The lowest BCUT2D eigenvalue weighted by Crippen LogP contribution is -2.38. The van der Waals surface area contributed by atoms with E-state index >= 15 is 0 Å². The van der Waals surface area contributed by atoms with E-state index in [1.807, 2.05) is 25.1 Å². The predicted molar refractivity (Wildman–Crippen MR) is 77.2 cm³/mol. The Morgan fingerprint density at radius 2 is 2.20 bits per heavy atom. The number of hydrogen-bond donors (Lipinski definition) is 2. The number of urea groups is 1. The molecule has 1 saturated carbocycles. The first-order chi connectivity index (χ1) is 9.76. The van der Waals surface area contributed by atoms with Gasteiger partial charge in [-0.05, 0) is 25.0 Å². The van der Waals surface area contributed by atoms with Gasteiger partial charge >= 0.3 is 6.03 Å². The monoisotopic (exact) mass is 278 g/mol. The summed E-state index contributed by atoms with van der Waals surface area (Å²) in [5, 5.41) is 5.75. The lowest BCUT2D eigenvalue weighted by Gasteiger charge is -2.09. The third-order valence-electron chi connectivity index (χ3n) is 3.38. The Morgan fingerprint density at radius 3 is 2.95 bits per heavy atom. The smallest absolute Gasteiger partial charge is 0.315 e. The number of benzene rings is 1. The van der Waals surface area contributed by atoms with Gasteiger partial charge in [0.15, 0.2) is 0 Å². The molecule has 0 aliphatic heterocycles. The van der Waals surface area contributed by atoms with Crippen LogP contribution in [0.2, 0.25) is 0 Å². The summed E-state index contributed by atoms with van der Waals surface area (Å²) in [4.78, 5) is 11.7. The molecular weight excluding hydrogens is 256 g/mol. The summed E-state index contributed by atoms with van der Waals surface area (Å²) in [5.74, 6) is 1.24. The van der Waals surface area contributed by atoms with Gasteiger partial charge in [-0.1, -0.05) is 18.2 Å². The van der Waals surface area contributed by atoms with Crippen LogP contribution in [0.25, 0.3) is 0 Å². The van der Waals surface area contributed by atoms with Gasteiger partial charge in [0.05, 0.1) is 13.7 Å². The standard InChI is InChI=1S/C15H22N2O3/c1-3-20-9-8-16-15(18)17-13-10-12(13)11-6-4-5-7-14(11)19-2/h4-7,12-13H,3,8-10H2,1-2H3,(H2,16,17,18)/t12-,13+/m0/s1. The summed E-state index contributed by atoms with van der Waals surface area (Å²) in [6.07, 6.45) is 0.958. The number of ether oxygens (including phenoxy) is 2. The predicted octanol–water partition coefficient (Wildman–Crippen LogP) is 1.89. The van der Waals surface area contributed by atoms with Crippen molar-refractivity contribution in [1.29, 1.82) is 0 Å². The second kappa shape index (κ2) is 7.14. The lowest BCUT2D eigenvalue weighted by molar-refractivity contribution is 0.149. The van der Waals surface area contributed by atoms with Gasteiger partial charge in [0.1, 0.15) is 5.75 Å². The van der Waals surface area contributed by atoms with Crippen LogP contribution in [-0.4, -0.2) is 38.9 Å². The van der Waals surface area contributed by atoms with Crippen LogP contribution in [0.15, 0.2) is 24.3 Å². The van der Waals surface area contributed by atoms with Gasteiger partial charge in [0.2, 0.25) is 0 Å². The van der Waals surface area contributed by atoms with Crippen LogP contribution < -0.4 is 15.4 Å². The van der Waals surface area contributed by atoms with Crippen molar-refractivity contribution in [2.24, 2.45) is 0 Å². The summed E-state index contributed by atoms with van der Waals surface area (Å²) in [7, 11) is 1.67. The first-order valence-corrected chi connectivity index (χ1v) is 7.01. The fourth-order valence-electron chi connectivity index (χ4n) is 2.27. The van der Waals surface area contributed by atoms with E-state index < -0.39 is 0 Å². The molecule has 0 bridgehead atoms. The summed E-state index contributed by atoms with van der Waals surface area (Å²) >= 11 is 0. The molecule has 0 heterocycles. The molecule has 0 aromatic heterocycles. The van der Waals surface area contributed by atoms with Crippen molar-refractivity contribution < 1.29 is 14.3 Å². The third-order valence-corrected chi connectivity index (χ3v) is 3.38. The number of methoxy groups -OCH3 is 1. The Morgan fingerprint density at radius 1 is 1.40 bits per heavy atom. The number of carbonyl (C=O) groups excluding carboxylic acids is 1. The van der Waals surface area contributed by atoms with Crippen LogP contribution in [0.3, 0.4) is 0 Å². The first kappa shape index (κ1) is 14.7. The van der Waals surface area contributed by atoms with E-state index in [9.17, 15) is 4.79 Å². The van der Waals surface area contributed by atoms with Gasteiger partial charge in [0.25, 0.3) is 0 Å². The van der Waals surface area contributed by atoms with Gasteiger partial charge < -0.3 is 20.1 Å². The average molecular weight is 278 g/mol. The molecule has 5 heteroatoms. The van der Waals surface area contributed by atoms with Gasteiger partial charge in [0, 0.05) is 25.1 Å². The highest BCUT2D eigenvalue weighted by Crippen LogP contribution is 2.44. The highest BCUT2D eigenvalue weighted by atomic mass is 16.5. The number of hydrogen-bond acceptors (Lipinski definition) is 3. The van der Waals surface area contributed by atoms with Crippen molar-refractivity contribution in [2.75, 3.05) is 26.9 Å². The number of amides is 2. The topological polar surface area (TPSA) is 59.6 Å². The maximum Gasteiger partial charge on any atom is 0.315 e. The van der Waals surface area contributed by atoms with Crippen molar-refractivity contribution in [3.63, 3.8) is 0 Å². The van der Waals surface area contributed by atoms with E-state index in [2.05, 4.69) is 16.7 Å². The SMILES string of the molecule is CCOCCNC(=O)N[C@@H]1C[C@H]1c1ccccc1OC. The molecule has 20 heavy (non-hydrogen) atoms. The molecule has 1 aromatic carbocycles. The Labute approximate surface area is 119 Å². The van der Waals surface area contributed by atoms with E-state index in [4.69, 9.17) is 9.47 Å². The molecule has 5 nitrogen and oxygen atoms in total. The summed E-state index contributed by atoms with van der Waals surface area (Å²) < 4.78 is 10.5. The van der Waals surface area contributed by atoms with E-state index in [-0.39, 0.29) is 12.1 Å². The van der Waals surface area contributed by atoms with E-state index in [0.717, 1.165) is 17.7 Å². The number of para-hydroxylation sites is 1. The molecule has 0 radical (unpaired) electrons. The minimum absolute atomic E-state index is 0.132. The minimum Gasteiger partial charge on any atom is -0.496 e. The Kier molecular flexibility index (Phi) is 5.24. The van der Waals surface area contributed by atoms with Crippen LogP contribution in [0.5, 0.6) is 5.75 Å². The molecule has 2 N–H and O–H groups in total. The Bertz CT molecular complexity index is 450. The largest absolute Gasteiger partial charge is 0.496 e. The number of rotatable bonds is 7. The van der Waals surface area contributed by atoms with Gasteiger partial charge in [-0.25, -0.2) is 4.79 Å². The van der Waals surface area contributed by atoms with Gasteiger partial charge in [-0.2, -0.15) is 0 Å². The van der Waals surface area contributed by atoms with Gasteiger partial charge in [-0.15, -0.1) is 0 Å². The second-order valence-electron chi connectivity index (χ2n) is 4.79. The maximum absolute atomic E-state index is 11.7. The van der Waals surface area contributed by atoms with Crippen molar-refractivity contribution in [2.45, 2.75) is 25.3 Å². The Balaban J connectivity index is 1.76. The van der Waals surface area contributed by atoms with Crippen molar-refractivity contribution >= 4 is 6.03 Å². The highest BCUT2D eigenvalue weighted by Gasteiger charge is 2.41. The molecule has 1 aliphatic rings. The van der Waals surface area contributed by atoms with Gasteiger partial charge in [-0.3, -0.25) is 0 Å². The van der Waals surface area contributed by atoms with Crippen molar-refractivity contribution in [3.8, 4) is 5.75 Å². The molecule has 0 saturated heterocycles. The fourth-order valence-corrected chi connectivity index (χ4v) is 2.27. The molecule has 0 unspecified atom stereocenters. The van der Waals surface area contributed by atoms with Crippen molar-refractivity contribution in [1.82, 2.24) is 10.6 Å². The molecule has 2 rings (SSSR count). The lowest BCUT2D eigenvalue weighted by atomic mass is 10.1. The summed E-state index contributed by atoms with van der Waals surface area (Å²) in [6, 6.07) is 8.01. The zero-order valence-corrected chi connectivity index (χ0v) is 12.0. The van der Waals surface area contributed by atoms with Crippen LogP contribution in [0, 0.1) is 0 Å². The fraction of sp³-hybridized carbons (Fsp3) is 0.533. The normalized spacial score (nSPS) is 20.3. The molecule has 1 aromatic rings. The quantitative estimate of drug-likeness (QED) is 0.749. The molecule has 1 aliphatic carbocycles. The third kappa shape index (κ3) is 3.87. The van der Waals surface area contributed by atoms with Crippen molar-refractivity contribution in [3.05, 3.63) is 29.8 Å². The van der Waals surface area contributed by atoms with Crippen LogP contribution >= 0.6 is 0 Å². The molecular formula is C15H22N2O3. The minimum atomic E-state index is -0.132. The summed E-state index contributed by atoms with van der Waals surface area (Å²) in [5.41, 5.74) is 1.16. The summed E-state index contributed by atoms with van der Waals surface area (Å²) in [6.45, 7) is 3.68. The zero-order chi connectivity index (χ0) is 14.4. The molecule has 110 valence electrons. The van der Waals surface area contributed by atoms with E-state index in [0.29, 0.717) is 25.7 Å². The first-order valence-electron chi connectivity index (χ1n) is 7.01. The second-order valence-corrected chi connectivity index (χ2v) is 4.79. The van der Waals surface area contributed by atoms with Crippen LogP contribution in [-0.2, 0) is 4.74 Å². The molecule has 0 spiro atoms. The van der Waals surface area contributed by atoms with Crippen LogP contribution in [0.1, 0.15) is 24.8 Å². The Hall–Kier alpha value is -1.75. The molecule has 2 atom stereocenters. The maximum atomic E-state index is 11.7. The van der Waals surface area contributed by atoms with E-state index in [1.165, 1.54) is 0 Å².